The number of anilines is 2. The molecule has 0 aliphatic carbocycles. The third-order valence-electron chi connectivity index (χ3n) is 2.74. The normalized spacial score (nSPS) is 10.4. The minimum atomic E-state index is 1.04. The molecular weight excluding hydrogens is 351 g/mol. The molecule has 1 N–H and O–H groups in total. The van der Waals surface area contributed by atoms with Gasteiger partial charge in [0.25, 0.3) is 0 Å². The number of benzene rings is 2. The number of aromatic nitrogens is 3. The van der Waals surface area contributed by atoms with E-state index in [0.717, 1.165) is 17.1 Å². The van der Waals surface area contributed by atoms with Crippen LogP contribution in [0.2, 0.25) is 0 Å². The first-order valence-electron chi connectivity index (χ1n) is 5.79. The summed E-state index contributed by atoms with van der Waals surface area (Å²) in [5, 5.41) is 11.0. The van der Waals surface area contributed by atoms with Crippen molar-refractivity contribution in [3.8, 4) is 5.69 Å². The summed E-state index contributed by atoms with van der Waals surface area (Å²) in [5.41, 5.74) is 3.21. The van der Waals surface area contributed by atoms with Crippen LogP contribution in [0, 0.1) is 3.57 Å². The van der Waals surface area contributed by atoms with E-state index in [1.807, 2.05) is 41.0 Å². The summed E-state index contributed by atoms with van der Waals surface area (Å²) in [7, 11) is 0. The highest BCUT2D eigenvalue weighted by Gasteiger charge is 2.00. The molecule has 19 heavy (non-hydrogen) atoms. The first kappa shape index (κ1) is 12.2. The maximum absolute atomic E-state index is 3.80. The molecule has 0 radical (unpaired) electrons. The van der Waals surface area contributed by atoms with Crippen LogP contribution in [0.5, 0.6) is 0 Å². The molecule has 0 saturated carbocycles. The summed E-state index contributed by atoms with van der Waals surface area (Å²) < 4.78 is 3.07. The third-order valence-corrected chi connectivity index (χ3v) is 3.68. The molecule has 3 rings (SSSR count). The molecular formula is C14H11IN4. The first-order chi connectivity index (χ1) is 9.33. The fourth-order valence-electron chi connectivity index (χ4n) is 1.77. The van der Waals surface area contributed by atoms with Gasteiger partial charge in [0.2, 0.25) is 0 Å². The van der Waals surface area contributed by atoms with Crippen LogP contribution in [0.1, 0.15) is 0 Å². The molecule has 0 aliphatic heterocycles. The monoisotopic (exact) mass is 362 g/mol. The minimum Gasteiger partial charge on any atom is -0.355 e. The van der Waals surface area contributed by atoms with Crippen molar-refractivity contribution < 1.29 is 0 Å². The Labute approximate surface area is 124 Å². The Morgan fingerprint density at radius 3 is 2.26 bits per heavy atom. The van der Waals surface area contributed by atoms with Crippen LogP contribution in [0.3, 0.4) is 0 Å². The molecule has 0 bridgehead atoms. The standard InChI is InChI=1S/C14H11IN4/c15-13-3-1-2-4-14(13)18-11-5-7-12(8-6-11)19-9-16-17-10-19/h1-10,18H. The Hall–Kier alpha value is -1.89. The van der Waals surface area contributed by atoms with Crippen molar-refractivity contribution in [1.29, 1.82) is 0 Å². The summed E-state index contributed by atoms with van der Waals surface area (Å²) in [6.45, 7) is 0. The van der Waals surface area contributed by atoms with Crippen LogP contribution in [0.4, 0.5) is 11.4 Å². The van der Waals surface area contributed by atoms with Crippen molar-refractivity contribution in [3.63, 3.8) is 0 Å². The lowest BCUT2D eigenvalue weighted by Crippen LogP contribution is -1.94. The molecule has 94 valence electrons. The highest BCUT2D eigenvalue weighted by atomic mass is 127. The fraction of sp³-hybridized carbons (Fsp3) is 0. The second kappa shape index (κ2) is 5.40. The largest absolute Gasteiger partial charge is 0.355 e. The van der Waals surface area contributed by atoms with Crippen molar-refractivity contribution in [2.45, 2.75) is 0 Å². The van der Waals surface area contributed by atoms with Crippen LogP contribution in [-0.2, 0) is 0 Å². The van der Waals surface area contributed by atoms with E-state index in [1.165, 1.54) is 3.57 Å². The van der Waals surface area contributed by atoms with Gasteiger partial charge in [0, 0.05) is 14.9 Å². The van der Waals surface area contributed by atoms with E-state index in [4.69, 9.17) is 0 Å². The predicted molar refractivity (Wildman–Crippen MR) is 83.8 cm³/mol. The van der Waals surface area contributed by atoms with Gasteiger partial charge in [-0.05, 0) is 59.0 Å². The summed E-state index contributed by atoms with van der Waals surface area (Å²) >= 11 is 2.32. The van der Waals surface area contributed by atoms with Crippen LogP contribution < -0.4 is 5.32 Å². The Morgan fingerprint density at radius 2 is 1.58 bits per heavy atom. The molecule has 0 unspecified atom stereocenters. The van der Waals surface area contributed by atoms with Gasteiger partial charge in [0.15, 0.2) is 0 Å². The van der Waals surface area contributed by atoms with Crippen LogP contribution in [0.25, 0.3) is 5.69 Å². The quantitative estimate of drug-likeness (QED) is 0.724. The van der Waals surface area contributed by atoms with E-state index in [0.29, 0.717) is 0 Å². The lowest BCUT2D eigenvalue weighted by molar-refractivity contribution is 1.06. The topological polar surface area (TPSA) is 42.7 Å². The van der Waals surface area contributed by atoms with Gasteiger partial charge in [-0.25, -0.2) is 0 Å². The van der Waals surface area contributed by atoms with Gasteiger partial charge in [-0.15, -0.1) is 10.2 Å². The van der Waals surface area contributed by atoms with Gasteiger partial charge in [0.1, 0.15) is 12.7 Å². The average Bonchev–Trinajstić information content (AvgIpc) is 2.96. The molecule has 0 amide bonds. The molecule has 2 aromatic carbocycles. The van der Waals surface area contributed by atoms with Gasteiger partial charge in [0.05, 0.1) is 5.69 Å². The summed E-state index contributed by atoms with van der Waals surface area (Å²) in [6.07, 6.45) is 3.37. The van der Waals surface area contributed by atoms with Gasteiger partial charge in [-0.1, -0.05) is 12.1 Å². The van der Waals surface area contributed by atoms with Gasteiger partial charge < -0.3 is 5.32 Å². The highest BCUT2D eigenvalue weighted by Crippen LogP contribution is 2.22. The molecule has 0 atom stereocenters. The Kier molecular flexibility index (Phi) is 3.45. The van der Waals surface area contributed by atoms with E-state index in [-0.39, 0.29) is 0 Å². The number of rotatable bonds is 3. The molecule has 1 aromatic heterocycles. The van der Waals surface area contributed by atoms with Crippen LogP contribution in [-0.4, -0.2) is 14.8 Å². The predicted octanol–water partition coefficient (Wildman–Crippen LogP) is 3.62. The number of hydrogen-bond acceptors (Lipinski definition) is 3. The van der Waals surface area contributed by atoms with Crippen molar-refractivity contribution >= 4 is 34.0 Å². The second-order valence-corrected chi connectivity index (χ2v) is 5.18. The molecule has 0 saturated heterocycles. The summed E-state index contributed by atoms with van der Waals surface area (Å²) in [4.78, 5) is 0. The lowest BCUT2D eigenvalue weighted by atomic mass is 10.2. The van der Waals surface area contributed by atoms with E-state index < -0.39 is 0 Å². The average molecular weight is 362 g/mol. The van der Waals surface area contributed by atoms with E-state index in [2.05, 4.69) is 50.2 Å². The Balaban J connectivity index is 1.82. The molecule has 0 spiro atoms. The van der Waals surface area contributed by atoms with Gasteiger partial charge >= 0.3 is 0 Å². The molecule has 4 nitrogen and oxygen atoms in total. The number of hydrogen-bond donors (Lipinski definition) is 1. The third kappa shape index (κ3) is 2.76. The lowest BCUT2D eigenvalue weighted by Gasteiger charge is -2.09. The summed E-state index contributed by atoms with van der Waals surface area (Å²) in [5.74, 6) is 0. The van der Waals surface area contributed by atoms with E-state index in [9.17, 15) is 0 Å². The second-order valence-electron chi connectivity index (χ2n) is 4.02. The van der Waals surface area contributed by atoms with Crippen molar-refractivity contribution in [2.24, 2.45) is 0 Å². The maximum Gasteiger partial charge on any atom is 0.123 e. The number of halogens is 1. The van der Waals surface area contributed by atoms with Crippen LogP contribution >= 0.6 is 22.6 Å². The molecule has 0 fully saturated rings. The SMILES string of the molecule is Ic1ccccc1Nc1ccc(-n2cnnc2)cc1. The smallest absolute Gasteiger partial charge is 0.123 e. The Morgan fingerprint density at radius 1 is 0.895 bits per heavy atom. The molecule has 5 heteroatoms. The van der Waals surface area contributed by atoms with Crippen LogP contribution in [0.15, 0.2) is 61.2 Å². The first-order valence-corrected chi connectivity index (χ1v) is 6.87. The zero-order valence-corrected chi connectivity index (χ0v) is 12.2. The van der Waals surface area contributed by atoms with Crippen molar-refractivity contribution in [2.75, 3.05) is 5.32 Å². The van der Waals surface area contributed by atoms with Crippen molar-refractivity contribution in [3.05, 3.63) is 64.8 Å². The minimum absolute atomic E-state index is 1.04. The zero-order valence-electron chi connectivity index (χ0n) is 9.99. The van der Waals surface area contributed by atoms with E-state index in [1.54, 1.807) is 12.7 Å². The molecule has 0 aliphatic rings. The fourth-order valence-corrected chi connectivity index (χ4v) is 2.29. The number of nitrogens with zero attached hydrogens (tertiary/aromatic N) is 3. The van der Waals surface area contributed by atoms with E-state index >= 15 is 0 Å². The molecule has 1 heterocycles. The van der Waals surface area contributed by atoms with Gasteiger partial charge in [-0.2, -0.15) is 0 Å². The van der Waals surface area contributed by atoms with Crippen molar-refractivity contribution in [1.82, 2.24) is 14.8 Å². The van der Waals surface area contributed by atoms with Gasteiger partial charge in [-0.3, -0.25) is 4.57 Å². The zero-order chi connectivity index (χ0) is 13.1. The maximum atomic E-state index is 3.80. The molecule has 3 aromatic rings. The summed E-state index contributed by atoms with van der Waals surface area (Å²) in [6, 6.07) is 16.3. The Bertz CT molecular complexity index is 662. The highest BCUT2D eigenvalue weighted by molar-refractivity contribution is 14.1. The number of para-hydroxylation sites is 1. The number of nitrogens with one attached hydrogen (secondary N) is 1.